The molecular formula is C13H10ClN5O. The van der Waals surface area contributed by atoms with Crippen molar-refractivity contribution in [3.63, 3.8) is 0 Å². The molecule has 0 saturated carbocycles. The van der Waals surface area contributed by atoms with Crippen molar-refractivity contribution >= 4 is 28.5 Å². The van der Waals surface area contributed by atoms with Crippen molar-refractivity contribution in [3.05, 3.63) is 53.3 Å². The lowest BCUT2D eigenvalue weighted by molar-refractivity contribution is 0.0944. The maximum atomic E-state index is 11.9. The van der Waals surface area contributed by atoms with Crippen molar-refractivity contribution in [2.24, 2.45) is 0 Å². The predicted octanol–water partition coefficient (Wildman–Crippen LogP) is 1.94. The standard InChI is InChI=1S/C13H10ClN5O/c14-11-6-15-5-10(17-11)13(20)16-7-12-18-8-3-1-2-4-9(8)19-12/h1-6H,7H2,(H,16,20)(H,18,19). The fraction of sp³-hybridized carbons (Fsp3) is 0.0769. The molecule has 2 heterocycles. The normalized spacial score (nSPS) is 10.7. The molecule has 0 bridgehead atoms. The molecule has 1 aromatic carbocycles. The van der Waals surface area contributed by atoms with E-state index in [0.717, 1.165) is 11.0 Å². The monoisotopic (exact) mass is 287 g/mol. The molecule has 2 aromatic heterocycles. The topological polar surface area (TPSA) is 83.6 Å². The number of halogens is 1. The summed E-state index contributed by atoms with van der Waals surface area (Å²) in [6, 6.07) is 7.66. The van der Waals surface area contributed by atoms with Gasteiger partial charge in [-0.25, -0.2) is 9.97 Å². The summed E-state index contributed by atoms with van der Waals surface area (Å²) in [6.45, 7) is 0.279. The first-order valence-corrected chi connectivity index (χ1v) is 6.29. The van der Waals surface area contributed by atoms with E-state index in [1.807, 2.05) is 24.3 Å². The van der Waals surface area contributed by atoms with Gasteiger partial charge in [-0.15, -0.1) is 0 Å². The minimum atomic E-state index is -0.347. The average molecular weight is 288 g/mol. The summed E-state index contributed by atoms with van der Waals surface area (Å²) in [4.78, 5) is 27.1. The second-order valence-electron chi connectivity index (χ2n) is 4.11. The Balaban J connectivity index is 1.71. The quantitative estimate of drug-likeness (QED) is 0.771. The molecule has 0 radical (unpaired) electrons. The number of H-pyrrole nitrogens is 1. The molecular weight excluding hydrogens is 278 g/mol. The Hall–Kier alpha value is -2.47. The molecule has 0 saturated heterocycles. The third-order valence-electron chi connectivity index (χ3n) is 2.69. The van der Waals surface area contributed by atoms with E-state index in [0.29, 0.717) is 5.82 Å². The fourth-order valence-corrected chi connectivity index (χ4v) is 1.94. The maximum Gasteiger partial charge on any atom is 0.271 e. The van der Waals surface area contributed by atoms with Crippen LogP contribution in [0.5, 0.6) is 0 Å². The second-order valence-corrected chi connectivity index (χ2v) is 4.50. The van der Waals surface area contributed by atoms with E-state index in [2.05, 4.69) is 25.3 Å². The molecule has 2 N–H and O–H groups in total. The summed E-state index contributed by atoms with van der Waals surface area (Å²) < 4.78 is 0. The molecule has 0 unspecified atom stereocenters. The van der Waals surface area contributed by atoms with Crippen molar-refractivity contribution in [2.75, 3.05) is 0 Å². The Bertz CT molecular complexity index is 737. The first-order chi connectivity index (χ1) is 9.72. The van der Waals surface area contributed by atoms with E-state index in [4.69, 9.17) is 11.6 Å². The summed E-state index contributed by atoms with van der Waals surface area (Å²) in [6.07, 6.45) is 2.73. The minimum Gasteiger partial charge on any atom is -0.343 e. The molecule has 0 fully saturated rings. The lowest BCUT2D eigenvalue weighted by Crippen LogP contribution is -2.24. The zero-order chi connectivity index (χ0) is 13.9. The average Bonchev–Trinajstić information content (AvgIpc) is 2.87. The van der Waals surface area contributed by atoms with Gasteiger partial charge in [0.05, 0.1) is 30.0 Å². The van der Waals surface area contributed by atoms with Crippen LogP contribution in [-0.4, -0.2) is 25.8 Å². The lowest BCUT2D eigenvalue weighted by atomic mass is 10.3. The van der Waals surface area contributed by atoms with E-state index >= 15 is 0 Å². The van der Waals surface area contributed by atoms with Crippen molar-refractivity contribution in [3.8, 4) is 0 Å². The van der Waals surface area contributed by atoms with Gasteiger partial charge >= 0.3 is 0 Å². The third-order valence-corrected chi connectivity index (χ3v) is 2.87. The molecule has 100 valence electrons. The number of nitrogens with one attached hydrogen (secondary N) is 2. The number of benzene rings is 1. The van der Waals surface area contributed by atoms with E-state index < -0.39 is 0 Å². The number of para-hydroxylation sites is 2. The smallest absolute Gasteiger partial charge is 0.271 e. The number of hydrogen-bond donors (Lipinski definition) is 2. The molecule has 1 amide bonds. The van der Waals surface area contributed by atoms with Gasteiger partial charge in [0, 0.05) is 0 Å². The van der Waals surface area contributed by atoms with Gasteiger partial charge in [0.1, 0.15) is 16.7 Å². The lowest BCUT2D eigenvalue weighted by Gasteiger charge is -2.02. The van der Waals surface area contributed by atoms with Crippen LogP contribution in [0.1, 0.15) is 16.3 Å². The highest BCUT2D eigenvalue weighted by atomic mass is 35.5. The van der Waals surface area contributed by atoms with E-state index in [-0.39, 0.29) is 23.3 Å². The zero-order valence-corrected chi connectivity index (χ0v) is 11.1. The maximum absolute atomic E-state index is 11.9. The summed E-state index contributed by atoms with van der Waals surface area (Å²) in [5.41, 5.74) is 1.97. The van der Waals surface area contributed by atoms with Crippen molar-refractivity contribution in [1.29, 1.82) is 0 Å². The van der Waals surface area contributed by atoms with Crippen molar-refractivity contribution < 1.29 is 4.79 Å². The predicted molar refractivity (Wildman–Crippen MR) is 74.3 cm³/mol. The number of hydrogen-bond acceptors (Lipinski definition) is 4. The largest absolute Gasteiger partial charge is 0.343 e. The van der Waals surface area contributed by atoms with E-state index in [1.165, 1.54) is 12.4 Å². The van der Waals surface area contributed by atoms with Crippen LogP contribution in [0.2, 0.25) is 5.15 Å². The first-order valence-electron chi connectivity index (χ1n) is 5.92. The SMILES string of the molecule is O=C(NCc1nc2ccccc2[nH]1)c1cncc(Cl)n1. The number of amides is 1. The summed E-state index contributed by atoms with van der Waals surface area (Å²) in [5.74, 6) is 0.329. The number of fused-ring (bicyclic) bond motifs is 1. The van der Waals surface area contributed by atoms with Gasteiger partial charge in [0.15, 0.2) is 0 Å². The number of carbonyl (C=O) groups is 1. The summed E-state index contributed by atoms with van der Waals surface area (Å²) in [5, 5.41) is 2.89. The van der Waals surface area contributed by atoms with E-state index in [1.54, 1.807) is 0 Å². The van der Waals surface area contributed by atoms with E-state index in [9.17, 15) is 4.79 Å². The molecule has 3 aromatic rings. The van der Waals surface area contributed by atoms with Gasteiger partial charge in [-0.1, -0.05) is 23.7 Å². The molecule has 0 spiro atoms. The van der Waals surface area contributed by atoms with Crippen LogP contribution in [-0.2, 0) is 6.54 Å². The molecule has 0 atom stereocenters. The molecule has 0 aliphatic rings. The number of nitrogens with zero attached hydrogens (tertiary/aromatic N) is 3. The zero-order valence-electron chi connectivity index (χ0n) is 10.3. The minimum absolute atomic E-state index is 0.175. The highest BCUT2D eigenvalue weighted by molar-refractivity contribution is 6.29. The summed E-state index contributed by atoms with van der Waals surface area (Å²) >= 11 is 5.69. The highest BCUT2D eigenvalue weighted by Crippen LogP contribution is 2.10. The summed E-state index contributed by atoms with van der Waals surface area (Å²) in [7, 11) is 0. The number of aromatic amines is 1. The van der Waals surface area contributed by atoms with Crippen molar-refractivity contribution in [2.45, 2.75) is 6.54 Å². The van der Waals surface area contributed by atoms with Crippen LogP contribution in [0.4, 0.5) is 0 Å². The number of rotatable bonds is 3. The van der Waals surface area contributed by atoms with Crippen LogP contribution in [0.25, 0.3) is 11.0 Å². The number of carbonyl (C=O) groups excluding carboxylic acids is 1. The van der Waals surface area contributed by atoms with Crippen LogP contribution in [0.15, 0.2) is 36.7 Å². The second kappa shape index (κ2) is 5.26. The van der Waals surface area contributed by atoms with Crippen LogP contribution < -0.4 is 5.32 Å². The first kappa shape index (κ1) is 12.6. The Labute approximate surface area is 119 Å². The van der Waals surface area contributed by atoms with Crippen LogP contribution in [0.3, 0.4) is 0 Å². The Morgan fingerprint density at radius 3 is 2.90 bits per heavy atom. The molecule has 6 nitrogen and oxygen atoms in total. The van der Waals surface area contributed by atoms with Crippen molar-refractivity contribution in [1.82, 2.24) is 25.3 Å². The van der Waals surface area contributed by atoms with Gasteiger partial charge in [-0.2, -0.15) is 0 Å². The van der Waals surface area contributed by atoms with Crippen LogP contribution in [0, 0.1) is 0 Å². The molecule has 0 aliphatic heterocycles. The molecule has 7 heteroatoms. The van der Waals surface area contributed by atoms with Gasteiger partial charge in [-0.05, 0) is 12.1 Å². The Morgan fingerprint density at radius 2 is 2.10 bits per heavy atom. The Morgan fingerprint density at radius 1 is 1.25 bits per heavy atom. The number of imidazole rings is 1. The molecule has 20 heavy (non-hydrogen) atoms. The van der Waals surface area contributed by atoms with Crippen LogP contribution >= 0.6 is 11.6 Å². The Kier molecular flexibility index (Phi) is 3.30. The van der Waals surface area contributed by atoms with Gasteiger partial charge in [-0.3, -0.25) is 9.78 Å². The molecule has 0 aliphatic carbocycles. The highest BCUT2D eigenvalue weighted by Gasteiger charge is 2.09. The number of aromatic nitrogens is 4. The van der Waals surface area contributed by atoms with Gasteiger partial charge in [0.25, 0.3) is 5.91 Å². The molecule has 3 rings (SSSR count). The third kappa shape index (κ3) is 2.60. The van der Waals surface area contributed by atoms with Gasteiger partial charge in [0.2, 0.25) is 0 Å². The van der Waals surface area contributed by atoms with Gasteiger partial charge < -0.3 is 10.3 Å². The fourth-order valence-electron chi connectivity index (χ4n) is 1.80.